The van der Waals surface area contributed by atoms with E-state index in [4.69, 9.17) is 0 Å². The average Bonchev–Trinajstić information content (AvgIpc) is 2.88. The van der Waals surface area contributed by atoms with Crippen molar-refractivity contribution in [1.29, 1.82) is 0 Å². The topological polar surface area (TPSA) is 82.6 Å². The number of hydrogen-bond acceptors (Lipinski definition) is 5. The number of piperazine rings is 1. The molecule has 0 unspecified atom stereocenters. The average molecular weight is 598 g/mol. The van der Waals surface area contributed by atoms with Gasteiger partial charge in [-0.1, -0.05) is 24.3 Å². The van der Waals surface area contributed by atoms with E-state index in [9.17, 15) is 13.2 Å². The van der Waals surface area contributed by atoms with Gasteiger partial charge in [0, 0.05) is 58.3 Å². The van der Waals surface area contributed by atoms with Crippen LogP contribution in [-0.2, 0) is 10.0 Å². The molecule has 1 fully saturated rings. The highest BCUT2D eigenvalue weighted by Crippen LogP contribution is 2.24. The zero-order valence-electron chi connectivity index (χ0n) is 18.8. The summed E-state index contributed by atoms with van der Waals surface area (Å²) < 4.78 is 29.8. The van der Waals surface area contributed by atoms with Crippen molar-refractivity contribution in [1.82, 2.24) is 9.88 Å². The van der Waals surface area contributed by atoms with E-state index in [1.54, 1.807) is 42.6 Å². The Hall–Kier alpha value is -3.18. The zero-order chi connectivity index (χ0) is 24.4. The largest absolute Gasteiger partial charge is 0.368 e. The number of carbonyl (C=O) groups excluding carboxylic acids is 1. The fourth-order valence-electron chi connectivity index (χ4n) is 4.21. The lowest BCUT2D eigenvalue weighted by Gasteiger charge is -2.36. The van der Waals surface area contributed by atoms with Crippen molar-refractivity contribution >= 4 is 60.8 Å². The number of nitrogens with one attached hydrogen (secondary N) is 1. The Morgan fingerprint density at radius 2 is 1.60 bits per heavy atom. The maximum atomic E-state index is 13.0. The van der Waals surface area contributed by atoms with Crippen LogP contribution in [0.15, 0.2) is 90.0 Å². The van der Waals surface area contributed by atoms with Gasteiger partial charge in [-0.25, -0.2) is 8.42 Å². The molecule has 2 heterocycles. The van der Waals surface area contributed by atoms with Crippen molar-refractivity contribution in [2.75, 3.05) is 35.8 Å². The van der Waals surface area contributed by atoms with Crippen molar-refractivity contribution in [2.24, 2.45) is 0 Å². The second-order valence-corrected chi connectivity index (χ2v) is 11.2. The van der Waals surface area contributed by atoms with E-state index in [1.807, 2.05) is 23.1 Å². The molecule has 5 rings (SSSR count). The lowest BCUT2D eigenvalue weighted by atomic mass is 10.1. The van der Waals surface area contributed by atoms with Gasteiger partial charge < -0.3 is 9.80 Å². The minimum absolute atomic E-state index is 0.0556. The van der Waals surface area contributed by atoms with Crippen molar-refractivity contribution in [3.63, 3.8) is 0 Å². The van der Waals surface area contributed by atoms with Gasteiger partial charge in [0.05, 0.1) is 5.52 Å². The SMILES string of the molecule is O=C(c1ccc(NS(=O)(=O)c2cccc3cccnc23)cc1)N1CCN(c2cccc(I)c2)CC1. The summed E-state index contributed by atoms with van der Waals surface area (Å²) in [5, 5.41) is 0.749. The first-order chi connectivity index (χ1) is 16.9. The van der Waals surface area contributed by atoms with Crippen LogP contribution in [-0.4, -0.2) is 50.4 Å². The summed E-state index contributed by atoms with van der Waals surface area (Å²) in [4.78, 5) is 21.5. The number of pyridine rings is 1. The van der Waals surface area contributed by atoms with Gasteiger partial charge in [-0.3, -0.25) is 14.5 Å². The van der Waals surface area contributed by atoms with Gasteiger partial charge in [0.25, 0.3) is 15.9 Å². The van der Waals surface area contributed by atoms with Crippen LogP contribution >= 0.6 is 22.6 Å². The third kappa shape index (κ3) is 5.10. The van der Waals surface area contributed by atoms with Crippen LogP contribution in [0.4, 0.5) is 11.4 Å². The predicted octanol–water partition coefficient (Wildman–Crippen LogP) is 4.60. The molecule has 35 heavy (non-hydrogen) atoms. The Morgan fingerprint density at radius 1 is 0.886 bits per heavy atom. The highest BCUT2D eigenvalue weighted by atomic mass is 127. The monoisotopic (exact) mass is 598 g/mol. The highest BCUT2D eigenvalue weighted by Gasteiger charge is 2.23. The number of anilines is 2. The first-order valence-corrected chi connectivity index (χ1v) is 13.7. The van der Waals surface area contributed by atoms with Crippen molar-refractivity contribution in [3.8, 4) is 0 Å². The third-order valence-corrected chi connectivity index (χ3v) is 8.09. The van der Waals surface area contributed by atoms with Gasteiger partial charge in [-0.2, -0.15) is 0 Å². The van der Waals surface area contributed by atoms with E-state index in [1.165, 1.54) is 15.3 Å². The van der Waals surface area contributed by atoms with Gasteiger partial charge in [0.1, 0.15) is 4.90 Å². The maximum absolute atomic E-state index is 13.0. The summed E-state index contributed by atoms with van der Waals surface area (Å²) in [6, 6.07) is 23.5. The van der Waals surface area contributed by atoms with Crippen LogP contribution in [0.5, 0.6) is 0 Å². The van der Waals surface area contributed by atoms with E-state index in [-0.39, 0.29) is 10.8 Å². The van der Waals surface area contributed by atoms with Gasteiger partial charge in [0.15, 0.2) is 0 Å². The summed E-state index contributed by atoms with van der Waals surface area (Å²) in [5.41, 5.74) is 2.50. The third-order valence-electron chi connectivity index (χ3n) is 6.01. The molecular formula is C26H23IN4O3S. The van der Waals surface area contributed by atoms with Gasteiger partial charge in [-0.15, -0.1) is 0 Å². The van der Waals surface area contributed by atoms with Crippen molar-refractivity contribution < 1.29 is 13.2 Å². The summed E-state index contributed by atoms with van der Waals surface area (Å²) in [6.45, 7) is 2.80. The maximum Gasteiger partial charge on any atom is 0.264 e. The lowest BCUT2D eigenvalue weighted by Crippen LogP contribution is -2.48. The quantitative estimate of drug-likeness (QED) is 0.340. The Morgan fingerprint density at radius 3 is 2.34 bits per heavy atom. The molecule has 3 aromatic carbocycles. The van der Waals surface area contributed by atoms with E-state index < -0.39 is 10.0 Å². The molecule has 1 aliphatic rings. The van der Waals surface area contributed by atoms with Gasteiger partial charge in [-0.05, 0) is 77.2 Å². The van der Waals surface area contributed by atoms with Crippen molar-refractivity contribution in [3.05, 3.63) is 94.2 Å². The Balaban J connectivity index is 1.25. The molecule has 1 aliphatic heterocycles. The number of amides is 1. The number of para-hydroxylation sites is 1. The number of halogens is 1. The normalized spacial score (nSPS) is 14.2. The van der Waals surface area contributed by atoms with Gasteiger partial charge >= 0.3 is 0 Å². The number of aromatic nitrogens is 1. The lowest BCUT2D eigenvalue weighted by molar-refractivity contribution is 0.0747. The first-order valence-electron chi connectivity index (χ1n) is 11.2. The summed E-state index contributed by atoms with van der Waals surface area (Å²) in [7, 11) is -3.84. The summed E-state index contributed by atoms with van der Waals surface area (Å²) in [6.07, 6.45) is 1.57. The molecular weight excluding hydrogens is 575 g/mol. The molecule has 178 valence electrons. The Kier molecular flexibility index (Phi) is 6.61. The Labute approximate surface area is 218 Å². The van der Waals surface area contributed by atoms with Crippen LogP contribution in [0, 0.1) is 3.57 Å². The van der Waals surface area contributed by atoms with E-state index in [0.717, 1.165) is 18.5 Å². The molecule has 7 nitrogen and oxygen atoms in total. The minimum Gasteiger partial charge on any atom is -0.368 e. The molecule has 1 aromatic heterocycles. The van der Waals surface area contributed by atoms with Crippen LogP contribution in [0.3, 0.4) is 0 Å². The van der Waals surface area contributed by atoms with E-state index >= 15 is 0 Å². The van der Waals surface area contributed by atoms with E-state index in [2.05, 4.69) is 55.4 Å². The van der Waals surface area contributed by atoms with Crippen LogP contribution < -0.4 is 9.62 Å². The number of sulfonamides is 1. The second-order valence-electron chi connectivity index (χ2n) is 8.27. The zero-order valence-corrected chi connectivity index (χ0v) is 21.7. The molecule has 4 aromatic rings. The summed E-state index contributed by atoms with van der Waals surface area (Å²) in [5.74, 6) is -0.0556. The van der Waals surface area contributed by atoms with Crippen LogP contribution in [0.25, 0.3) is 10.9 Å². The second kappa shape index (κ2) is 9.82. The molecule has 0 atom stereocenters. The fourth-order valence-corrected chi connectivity index (χ4v) is 5.97. The van der Waals surface area contributed by atoms with Crippen LogP contribution in [0.2, 0.25) is 0 Å². The molecule has 1 amide bonds. The van der Waals surface area contributed by atoms with E-state index in [0.29, 0.717) is 29.9 Å². The molecule has 9 heteroatoms. The number of rotatable bonds is 5. The predicted molar refractivity (Wildman–Crippen MR) is 146 cm³/mol. The Bertz CT molecular complexity index is 1480. The smallest absolute Gasteiger partial charge is 0.264 e. The van der Waals surface area contributed by atoms with Gasteiger partial charge in [0.2, 0.25) is 0 Å². The standard InChI is InChI=1S/C26H23IN4O3S/c27-21-6-2-7-23(18-21)30-14-16-31(17-15-30)26(32)20-9-11-22(12-10-20)29-35(33,34)24-8-1-4-19-5-3-13-28-25(19)24/h1-13,18,29H,14-17H2. The number of nitrogens with zero attached hydrogens (tertiary/aromatic N) is 3. The van der Waals surface area contributed by atoms with Crippen molar-refractivity contribution in [2.45, 2.75) is 4.90 Å². The number of hydrogen-bond donors (Lipinski definition) is 1. The fraction of sp³-hybridized carbons (Fsp3) is 0.154. The van der Waals surface area contributed by atoms with Crippen LogP contribution in [0.1, 0.15) is 10.4 Å². The molecule has 0 spiro atoms. The first kappa shape index (κ1) is 23.6. The molecule has 0 saturated carbocycles. The molecule has 0 bridgehead atoms. The number of benzene rings is 3. The molecule has 1 saturated heterocycles. The number of fused-ring (bicyclic) bond motifs is 1. The molecule has 0 radical (unpaired) electrons. The highest BCUT2D eigenvalue weighted by molar-refractivity contribution is 14.1. The molecule has 1 N–H and O–H groups in total. The molecule has 0 aliphatic carbocycles. The number of carbonyl (C=O) groups is 1. The minimum atomic E-state index is -3.84. The summed E-state index contributed by atoms with van der Waals surface area (Å²) >= 11 is 2.30.